The summed E-state index contributed by atoms with van der Waals surface area (Å²) in [6, 6.07) is 8.20. The van der Waals surface area contributed by atoms with E-state index in [1.807, 2.05) is 26.0 Å². The maximum atomic E-state index is 3.93. The van der Waals surface area contributed by atoms with Gasteiger partial charge in [-0.2, -0.15) is 0 Å². The summed E-state index contributed by atoms with van der Waals surface area (Å²) in [5.74, 6) is 0. The predicted molar refractivity (Wildman–Crippen MR) is 76.1 cm³/mol. The van der Waals surface area contributed by atoms with Gasteiger partial charge in [-0.15, -0.1) is 0 Å². The molecule has 1 aromatic rings. The van der Waals surface area contributed by atoms with Crippen molar-refractivity contribution in [1.82, 2.24) is 0 Å². The lowest BCUT2D eigenvalue weighted by molar-refractivity contribution is 1.50. The molecule has 0 heterocycles. The number of hydrogen-bond donors (Lipinski definition) is 0. The molecule has 0 bridgehead atoms. The lowest BCUT2D eigenvalue weighted by atomic mass is 9.98. The molecule has 0 aliphatic rings. The van der Waals surface area contributed by atoms with Crippen molar-refractivity contribution in [2.75, 3.05) is 0 Å². The van der Waals surface area contributed by atoms with Gasteiger partial charge in [0.15, 0.2) is 0 Å². The summed E-state index contributed by atoms with van der Waals surface area (Å²) in [5.41, 5.74) is 4.58. The van der Waals surface area contributed by atoms with Crippen molar-refractivity contribution in [2.45, 2.75) is 36.1 Å². The molecule has 0 aliphatic carbocycles. The van der Waals surface area contributed by atoms with E-state index in [0.29, 0.717) is 0 Å². The first-order valence-corrected chi connectivity index (χ1v) is 4.03. The van der Waals surface area contributed by atoms with Crippen molar-refractivity contribution >= 4 is 11.1 Å². The van der Waals surface area contributed by atoms with E-state index in [1.165, 1.54) is 11.1 Å². The summed E-state index contributed by atoms with van der Waals surface area (Å²) in [5, 5.41) is 0. The SMILES string of the molecule is C.C.C.C=C(C)c1ccccc1C(=C)C. The lowest BCUT2D eigenvalue weighted by Crippen LogP contribution is -1.86. The third kappa shape index (κ3) is 4.64. The van der Waals surface area contributed by atoms with Gasteiger partial charge in [0.25, 0.3) is 0 Å². The first-order valence-electron chi connectivity index (χ1n) is 4.03. The maximum absolute atomic E-state index is 3.93. The Balaban J connectivity index is -0.000000480. The lowest BCUT2D eigenvalue weighted by Gasteiger charge is -2.07. The fourth-order valence-corrected chi connectivity index (χ4v) is 1.23. The van der Waals surface area contributed by atoms with Crippen LogP contribution in [0, 0.1) is 0 Å². The fraction of sp³-hybridized carbons (Fsp3) is 0.333. The van der Waals surface area contributed by atoms with Crippen molar-refractivity contribution in [3.63, 3.8) is 0 Å². The van der Waals surface area contributed by atoms with Crippen LogP contribution in [0.2, 0.25) is 0 Å². The largest absolute Gasteiger partial charge is 0.0955 e. The van der Waals surface area contributed by atoms with Crippen LogP contribution < -0.4 is 0 Å². The molecule has 0 saturated carbocycles. The molecule has 0 amide bonds. The fourth-order valence-electron chi connectivity index (χ4n) is 1.23. The van der Waals surface area contributed by atoms with Gasteiger partial charge in [-0.25, -0.2) is 0 Å². The van der Waals surface area contributed by atoms with E-state index in [-0.39, 0.29) is 22.3 Å². The van der Waals surface area contributed by atoms with Crippen molar-refractivity contribution in [1.29, 1.82) is 0 Å². The molecule has 0 fully saturated rings. The van der Waals surface area contributed by atoms with Gasteiger partial charge in [0.05, 0.1) is 0 Å². The quantitative estimate of drug-likeness (QED) is 0.585. The molecular weight excluding hydrogens is 180 g/mol. The number of hydrogen-bond acceptors (Lipinski definition) is 0. The Hall–Kier alpha value is -1.30. The molecule has 0 unspecified atom stereocenters. The minimum Gasteiger partial charge on any atom is -0.0955 e. The molecule has 0 spiro atoms. The highest BCUT2D eigenvalue weighted by Gasteiger charge is 2.00. The Morgan fingerprint density at radius 2 is 1.07 bits per heavy atom. The van der Waals surface area contributed by atoms with Gasteiger partial charge in [-0.05, 0) is 25.0 Å². The zero-order chi connectivity index (χ0) is 9.14. The highest BCUT2D eigenvalue weighted by atomic mass is 14.1. The molecule has 0 N–H and O–H groups in total. The summed E-state index contributed by atoms with van der Waals surface area (Å²) in [6.45, 7) is 11.9. The van der Waals surface area contributed by atoms with Crippen LogP contribution in [-0.2, 0) is 0 Å². The van der Waals surface area contributed by atoms with Crippen molar-refractivity contribution in [3.05, 3.63) is 48.6 Å². The first-order chi connectivity index (χ1) is 5.63. The second kappa shape index (κ2) is 8.05. The van der Waals surface area contributed by atoms with Gasteiger partial charge in [-0.1, -0.05) is 70.8 Å². The van der Waals surface area contributed by atoms with E-state index in [9.17, 15) is 0 Å². The van der Waals surface area contributed by atoms with Crippen LogP contribution in [0.3, 0.4) is 0 Å². The average Bonchev–Trinajstić information content (AvgIpc) is 2.04. The summed E-state index contributed by atoms with van der Waals surface area (Å²) >= 11 is 0. The van der Waals surface area contributed by atoms with Crippen LogP contribution in [-0.4, -0.2) is 0 Å². The van der Waals surface area contributed by atoms with Gasteiger partial charge < -0.3 is 0 Å². The summed E-state index contributed by atoms with van der Waals surface area (Å²) in [7, 11) is 0. The molecule has 0 aromatic heterocycles. The van der Waals surface area contributed by atoms with E-state index in [2.05, 4.69) is 25.3 Å². The standard InChI is InChI=1S/C12H14.3CH4/c1-9(2)11-7-5-6-8-12(11)10(3)4;;;/h5-8H,1,3H2,2,4H3;3*1H4. The number of rotatable bonds is 2. The zero-order valence-corrected chi connectivity index (χ0v) is 7.72. The van der Waals surface area contributed by atoms with E-state index >= 15 is 0 Å². The number of allylic oxidation sites excluding steroid dienone is 2. The molecule has 0 radical (unpaired) electrons. The van der Waals surface area contributed by atoms with E-state index < -0.39 is 0 Å². The highest BCUT2D eigenvalue weighted by molar-refractivity contribution is 5.76. The normalized spacial score (nSPS) is 7.60. The minimum atomic E-state index is 0. The molecule has 0 saturated heterocycles. The Morgan fingerprint density at radius 1 is 0.800 bits per heavy atom. The molecule has 0 heteroatoms. The predicted octanol–water partition coefficient (Wildman–Crippen LogP) is 5.66. The summed E-state index contributed by atoms with van der Waals surface area (Å²) in [6.07, 6.45) is 0. The molecule has 86 valence electrons. The van der Waals surface area contributed by atoms with Crippen molar-refractivity contribution in [3.8, 4) is 0 Å². The summed E-state index contributed by atoms with van der Waals surface area (Å²) in [4.78, 5) is 0. The summed E-state index contributed by atoms with van der Waals surface area (Å²) < 4.78 is 0. The van der Waals surface area contributed by atoms with E-state index in [0.717, 1.165) is 11.1 Å². The Morgan fingerprint density at radius 3 is 1.27 bits per heavy atom. The van der Waals surface area contributed by atoms with Gasteiger partial charge in [0, 0.05) is 0 Å². The molecular formula is C15H26. The topological polar surface area (TPSA) is 0 Å². The van der Waals surface area contributed by atoms with Crippen LogP contribution in [0.4, 0.5) is 0 Å². The highest BCUT2D eigenvalue weighted by Crippen LogP contribution is 2.22. The molecule has 1 rings (SSSR count). The molecule has 0 atom stereocenters. The van der Waals surface area contributed by atoms with Crippen LogP contribution in [0.5, 0.6) is 0 Å². The first kappa shape index (κ1) is 19.3. The zero-order valence-electron chi connectivity index (χ0n) is 7.72. The van der Waals surface area contributed by atoms with E-state index in [1.54, 1.807) is 0 Å². The second-order valence-corrected chi connectivity index (χ2v) is 3.11. The van der Waals surface area contributed by atoms with Crippen LogP contribution >= 0.6 is 0 Å². The molecule has 1 aromatic carbocycles. The Kier molecular flexibility index (Phi) is 10.4. The second-order valence-electron chi connectivity index (χ2n) is 3.11. The van der Waals surface area contributed by atoms with Gasteiger partial charge in [-0.3, -0.25) is 0 Å². The van der Waals surface area contributed by atoms with Crippen LogP contribution in [0.1, 0.15) is 47.3 Å². The Labute approximate surface area is 96.4 Å². The molecule has 0 aliphatic heterocycles. The third-order valence-corrected chi connectivity index (χ3v) is 1.85. The van der Waals surface area contributed by atoms with Crippen molar-refractivity contribution in [2.24, 2.45) is 0 Å². The maximum Gasteiger partial charge on any atom is -0.0158 e. The average molecular weight is 206 g/mol. The number of benzene rings is 1. The third-order valence-electron chi connectivity index (χ3n) is 1.85. The Bertz CT molecular complexity index is 286. The smallest absolute Gasteiger partial charge is 0.0158 e. The minimum absolute atomic E-state index is 0. The molecule has 15 heavy (non-hydrogen) atoms. The van der Waals surface area contributed by atoms with Gasteiger partial charge >= 0.3 is 0 Å². The van der Waals surface area contributed by atoms with Crippen LogP contribution in [0.25, 0.3) is 11.1 Å². The van der Waals surface area contributed by atoms with E-state index in [4.69, 9.17) is 0 Å². The van der Waals surface area contributed by atoms with Crippen LogP contribution in [0.15, 0.2) is 37.4 Å². The van der Waals surface area contributed by atoms with Gasteiger partial charge in [0.2, 0.25) is 0 Å². The molecule has 0 nitrogen and oxygen atoms in total. The van der Waals surface area contributed by atoms with Gasteiger partial charge in [0.1, 0.15) is 0 Å². The van der Waals surface area contributed by atoms with Crippen molar-refractivity contribution < 1.29 is 0 Å². The monoisotopic (exact) mass is 206 g/mol.